The lowest BCUT2D eigenvalue weighted by atomic mass is 10.0. The van der Waals surface area contributed by atoms with Gasteiger partial charge in [-0.25, -0.2) is 12.8 Å². The summed E-state index contributed by atoms with van der Waals surface area (Å²) >= 11 is 3.03. The summed E-state index contributed by atoms with van der Waals surface area (Å²) < 4.78 is 40.5. The molecule has 0 radical (unpaired) electrons. The van der Waals surface area contributed by atoms with Crippen LogP contribution in [-0.4, -0.2) is 25.3 Å². The molecule has 1 aromatic carbocycles. The van der Waals surface area contributed by atoms with E-state index < -0.39 is 15.8 Å². The topological polar surface area (TPSA) is 37.4 Å². The van der Waals surface area contributed by atoms with Crippen molar-refractivity contribution in [2.45, 2.75) is 43.5 Å². The Bertz CT molecular complexity index is 562. The van der Waals surface area contributed by atoms with Gasteiger partial charge in [0.05, 0.1) is 9.37 Å². The Balaban J connectivity index is 2.37. The average Bonchev–Trinajstić information content (AvgIpc) is 2.41. The van der Waals surface area contributed by atoms with Crippen LogP contribution >= 0.6 is 15.9 Å². The molecule has 1 heterocycles. The molecule has 0 bridgehead atoms. The number of halogens is 2. The van der Waals surface area contributed by atoms with Crippen LogP contribution in [0.2, 0.25) is 0 Å². The summed E-state index contributed by atoms with van der Waals surface area (Å²) in [7, 11) is -3.59. The summed E-state index contributed by atoms with van der Waals surface area (Å²) in [6.07, 6.45) is 3.60. The first-order valence-corrected chi connectivity index (χ1v) is 8.67. The highest BCUT2D eigenvalue weighted by atomic mass is 79.9. The highest BCUT2D eigenvalue weighted by molar-refractivity contribution is 9.10. The molecular formula is C13H17BrFNO2S. The van der Waals surface area contributed by atoms with E-state index in [1.165, 1.54) is 16.4 Å². The number of hydrogen-bond donors (Lipinski definition) is 0. The molecule has 0 aromatic heterocycles. The van der Waals surface area contributed by atoms with E-state index in [2.05, 4.69) is 15.9 Å². The van der Waals surface area contributed by atoms with E-state index in [-0.39, 0.29) is 15.4 Å². The molecule has 1 atom stereocenters. The summed E-state index contributed by atoms with van der Waals surface area (Å²) in [4.78, 5) is 0.0357. The van der Waals surface area contributed by atoms with Gasteiger partial charge < -0.3 is 0 Å². The molecule has 1 fully saturated rings. The van der Waals surface area contributed by atoms with Gasteiger partial charge in [0.2, 0.25) is 10.0 Å². The van der Waals surface area contributed by atoms with Gasteiger partial charge in [0.15, 0.2) is 0 Å². The molecule has 1 saturated heterocycles. The fraction of sp³-hybridized carbons (Fsp3) is 0.538. The summed E-state index contributed by atoms with van der Waals surface area (Å²) in [6, 6.07) is 4.00. The molecular weight excluding hydrogens is 333 g/mol. The van der Waals surface area contributed by atoms with Gasteiger partial charge in [-0.05, 0) is 53.4 Å². The van der Waals surface area contributed by atoms with Crippen LogP contribution in [-0.2, 0) is 10.0 Å². The minimum absolute atomic E-state index is 0.0328. The molecule has 3 nitrogen and oxygen atoms in total. The number of nitrogens with zero attached hydrogens (tertiary/aromatic N) is 1. The highest BCUT2D eigenvalue weighted by Crippen LogP contribution is 2.28. The van der Waals surface area contributed by atoms with Crippen LogP contribution in [0.4, 0.5) is 4.39 Å². The molecule has 0 aliphatic carbocycles. The number of piperidine rings is 1. The fourth-order valence-corrected chi connectivity index (χ4v) is 4.50. The van der Waals surface area contributed by atoms with Crippen molar-refractivity contribution in [1.82, 2.24) is 4.31 Å². The molecule has 1 unspecified atom stereocenters. The van der Waals surface area contributed by atoms with E-state index in [9.17, 15) is 12.8 Å². The molecule has 0 spiro atoms. The van der Waals surface area contributed by atoms with Gasteiger partial charge in [-0.3, -0.25) is 0 Å². The van der Waals surface area contributed by atoms with Gasteiger partial charge >= 0.3 is 0 Å². The van der Waals surface area contributed by atoms with Crippen molar-refractivity contribution in [2.75, 3.05) is 6.54 Å². The molecule has 106 valence electrons. The molecule has 0 N–H and O–H groups in total. The highest BCUT2D eigenvalue weighted by Gasteiger charge is 2.32. The molecule has 1 aliphatic rings. The van der Waals surface area contributed by atoms with Gasteiger partial charge in [0, 0.05) is 12.6 Å². The zero-order valence-electron chi connectivity index (χ0n) is 10.8. The maximum Gasteiger partial charge on any atom is 0.243 e. The second kappa shape index (κ2) is 5.89. The van der Waals surface area contributed by atoms with Crippen molar-refractivity contribution in [3.63, 3.8) is 0 Å². The number of rotatable bonds is 3. The van der Waals surface area contributed by atoms with E-state index in [1.54, 1.807) is 0 Å². The van der Waals surface area contributed by atoms with Gasteiger partial charge in [0.25, 0.3) is 0 Å². The third-order valence-electron chi connectivity index (χ3n) is 3.54. The molecule has 2 rings (SSSR count). The van der Waals surface area contributed by atoms with Crippen molar-refractivity contribution < 1.29 is 12.8 Å². The molecule has 19 heavy (non-hydrogen) atoms. The lowest BCUT2D eigenvalue weighted by Crippen LogP contribution is -2.43. The Morgan fingerprint density at radius 3 is 2.79 bits per heavy atom. The number of sulfonamides is 1. The van der Waals surface area contributed by atoms with E-state index in [0.29, 0.717) is 6.54 Å². The minimum atomic E-state index is -3.59. The predicted octanol–water partition coefficient (Wildman–Crippen LogP) is 3.54. The summed E-state index contributed by atoms with van der Waals surface area (Å²) in [5.74, 6) is -0.550. The van der Waals surface area contributed by atoms with E-state index in [1.807, 2.05) is 6.92 Å². The monoisotopic (exact) mass is 349 g/mol. The Kier molecular flexibility index (Phi) is 4.63. The van der Waals surface area contributed by atoms with E-state index in [0.717, 1.165) is 31.7 Å². The average molecular weight is 350 g/mol. The first-order valence-electron chi connectivity index (χ1n) is 6.43. The Morgan fingerprint density at radius 2 is 2.16 bits per heavy atom. The maximum atomic E-state index is 13.5. The van der Waals surface area contributed by atoms with E-state index >= 15 is 0 Å². The van der Waals surface area contributed by atoms with Crippen LogP contribution < -0.4 is 0 Å². The Labute approximate surface area is 122 Å². The summed E-state index contributed by atoms with van der Waals surface area (Å²) in [6.45, 7) is 2.51. The zero-order valence-corrected chi connectivity index (χ0v) is 13.2. The molecule has 0 saturated carbocycles. The lowest BCUT2D eigenvalue weighted by Gasteiger charge is -2.34. The largest absolute Gasteiger partial charge is 0.243 e. The maximum absolute atomic E-state index is 13.5. The smallest absolute Gasteiger partial charge is 0.207 e. The molecule has 0 amide bonds. The standard InChI is InChI=1S/C13H17BrFNO2S/c1-2-10-5-3-4-8-16(10)19(17,18)11-6-7-12(14)13(15)9-11/h6-7,9-10H,2-5,8H2,1H3. The lowest BCUT2D eigenvalue weighted by molar-refractivity contribution is 0.246. The van der Waals surface area contributed by atoms with Crippen LogP contribution in [0.3, 0.4) is 0 Å². The van der Waals surface area contributed by atoms with E-state index in [4.69, 9.17) is 0 Å². The molecule has 1 aromatic rings. The van der Waals surface area contributed by atoms with Crippen molar-refractivity contribution in [3.05, 3.63) is 28.5 Å². The minimum Gasteiger partial charge on any atom is -0.207 e. The van der Waals surface area contributed by atoms with Crippen molar-refractivity contribution in [2.24, 2.45) is 0 Å². The summed E-state index contributed by atoms with van der Waals surface area (Å²) in [5, 5.41) is 0. The van der Waals surface area contributed by atoms with Crippen LogP contribution in [0.15, 0.2) is 27.6 Å². The summed E-state index contributed by atoms with van der Waals surface area (Å²) in [5.41, 5.74) is 0. The van der Waals surface area contributed by atoms with Crippen LogP contribution in [0.1, 0.15) is 32.6 Å². The normalized spacial score (nSPS) is 21.5. The van der Waals surface area contributed by atoms with Gasteiger partial charge in [0.1, 0.15) is 5.82 Å². The van der Waals surface area contributed by atoms with Crippen LogP contribution in [0.5, 0.6) is 0 Å². The van der Waals surface area contributed by atoms with Gasteiger partial charge in [-0.1, -0.05) is 13.3 Å². The van der Waals surface area contributed by atoms with Crippen molar-refractivity contribution >= 4 is 26.0 Å². The van der Waals surface area contributed by atoms with Crippen molar-refractivity contribution in [3.8, 4) is 0 Å². The second-order valence-corrected chi connectivity index (χ2v) is 7.49. The van der Waals surface area contributed by atoms with Crippen LogP contribution in [0.25, 0.3) is 0 Å². The van der Waals surface area contributed by atoms with Crippen LogP contribution in [0, 0.1) is 5.82 Å². The van der Waals surface area contributed by atoms with Crippen molar-refractivity contribution in [1.29, 1.82) is 0 Å². The third kappa shape index (κ3) is 3.01. The van der Waals surface area contributed by atoms with Gasteiger partial charge in [-0.15, -0.1) is 0 Å². The Hall–Kier alpha value is -0.460. The number of hydrogen-bond acceptors (Lipinski definition) is 2. The van der Waals surface area contributed by atoms with Gasteiger partial charge in [-0.2, -0.15) is 4.31 Å². The Morgan fingerprint density at radius 1 is 1.42 bits per heavy atom. The second-order valence-electron chi connectivity index (χ2n) is 4.75. The fourth-order valence-electron chi connectivity index (χ4n) is 2.47. The third-order valence-corrected chi connectivity index (χ3v) is 6.13. The first-order chi connectivity index (χ1) is 8.96. The number of benzene rings is 1. The molecule has 6 heteroatoms. The molecule has 1 aliphatic heterocycles. The predicted molar refractivity (Wildman–Crippen MR) is 75.9 cm³/mol. The SMILES string of the molecule is CCC1CCCCN1S(=O)(=O)c1ccc(Br)c(F)c1. The first kappa shape index (κ1) is 14.9. The zero-order chi connectivity index (χ0) is 14.0. The quantitative estimate of drug-likeness (QED) is 0.836.